The number of aromatic nitrogens is 1. The van der Waals surface area contributed by atoms with Crippen LogP contribution in [0.25, 0.3) is 10.9 Å². The number of nitrogens with one attached hydrogen (secondary N) is 3. The SMILES string of the molecule is CCNC(=NCCCOCC(F)(F)F)NCCc1c[nH]c2ccccc12. The molecule has 0 aliphatic carbocycles. The minimum absolute atomic E-state index is 0.0394. The summed E-state index contributed by atoms with van der Waals surface area (Å²) in [6, 6.07) is 8.13. The summed E-state index contributed by atoms with van der Waals surface area (Å²) in [5.74, 6) is 0.656. The van der Waals surface area contributed by atoms with Crippen molar-refractivity contribution in [3.63, 3.8) is 0 Å². The van der Waals surface area contributed by atoms with Crippen LogP contribution in [0.4, 0.5) is 13.2 Å². The van der Waals surface area contributed by atoms with Gasteiger partial charge < -0.3 is 20.4 Å². The van der Waals surface area contributed by atoms with Gasteiger partial charge in [0.05, 0.1) is 0 Å². The fourth-order valence-corrected chi connectivity index (χ4v) is 2.54. The first-order valence-corrected chi connectivity index (χ1v) is 8.71. The van der Waals surface area contributed by atoms with E-state index < -0.39 is 12.8 Å². The van der Waals surface area contributed by atoms with E-state index in [1.807, 2.05) is 31.3 Å². The number of nitrogens with zero attached hydrogens (tertiary/aromatic N) is 1. The molecule has 0 atom stereocenters. The molecule has 2 aromatic rings. The predicted octanol–water partition coefficient (Wildman–Crippen LogP) is 3.23. The standard InChI is InChI=1S/C18H25F3N4O/c1-2-22-17(23-9-5-11-26-13-18(19,20)21)24-10-8-14-12-25-16-7-4-3-6-15(14)16/h3-4,6-7,12,25H,2,5,8-11,13H2,1H3,(H2,22,23,24). The number of alkyl halides is 3. The molecule has 144 valence electrons. The maximum atomic E-state index is 12.0. The van der Waals surface area contributed by atoms with Gasteiger partial charge in [-0.15, -0.1) is 0 Å². The number of guanidine groups is 1. The molecule has 2 rings (SSSR count). The van der Waals surface area contributed by atoms with Gasteiger partial charge in [-0.05, 0) is 31.4 Å². The van der Waals surface area contributed by atoms with Gasteiger partial charge in [-0.2, -0.15) is 13.2 Å². The molecule has 0 aliphatic rings. The Hall–Kier alpha value is -2.22. The summed E-state index contributed by atoms with van der Waals surface area (Å²) in [5.41, 5.74) is 2.34. The molecule has 3 N–H and O–H groups in total. The molecular weight excluding hydrogens is 345 g/mol. The Morgan fingerprint density at radius 2 is 2.04 bits per heavy atom. The summed E-state index contributed by atoms with van der Waals surface area (Å²) in [5, 5.41) is 7.57. The lowest BCUT2D eigenvalue weighted by Gasteiger charge is -2.11. The third-order valence-corrected chi connectivity index (χ3v) is 3.69. The topological polar surface area (TPSA) is 61.4 Å². The first-order chi connectivity index (χ1) is 12.5. The van der Waals surface area contributed by atoms with Crippen molar-refractivity contribution in [2.45, 2.75) is 25.9 Å². The number of H-pyrrole nitrogens is 1. The van der Waals surface area contributed by atoms with Crippen LogP contribution < -0.4 is 10.6 Å². The summed E-state index contributed by atoms with van der Waals surface area (Å²) < 4.78 is 40.5. The molecule has 8 heteroatoms. The molecule has 1 aromatic heterocycles. The average Bonchev–Trinajstić information content (AvgIpc) is 3.00. The van der Waals surface area contributed by atoms with Gasteiger partial charge in [0, 0.05) is 43.3 Å². The molecule has 0 aliphatic heterocycles. The van der Waals surface area contributed by atoms with Crippen LogP contribution in [0.3, 0.4) is 0 Å². The second-order valence-electron chi connectivity index (χ2n) is 5.82. The normalized spacial score (nSPS) is 12.5. The third kappa shape index (κ3) is 6.95. The van der Waals surface area contributed by atoms with Crippen molar-refractivity contribution in [1.29, 1.82) is 0 Å². The van der Waals surface area contributed by atoms with Crippen LogP contribution in [0.1, 0.15) is 18.9 Å². The molecule has 0 bridgehead atoms. The molecule has 0 amide bonds. The van der Waals surface area contributed by atoms with Crippen LogP contribution in [0.15, 0.2) is 35.5 Å². The molecule has 0 saturated carbocycles. The number of ether oxygens (including phenoxy) is 1. The molecular formula is C18H25F3N4O. The van der Waals surface area contributed by atoms with Gasteiger partial charge in [0.1, 0.15) is 6.61 Å². The van der Waals surface area contributed by atoms with Crippen LogP contribution in [0, 0.1) is 0 Å². The Bertz CT molecular complexity index is 697. The number of halogens is 3. The van der Waals surface area contributed by atoms with E-state index in [4.69, 9.17) is 0 Å². The Morgan fingerprint density at radius 1 is 1.23 bits per heavy atom. The lowest BCUT2D eigenvalue weighted by molar-refractivity contribution is -0.173. The first kappa shape index (κ1) is 20.1. The average molecular weight is 370 g/mol. The quantitative estimate of drug-likeness (QED) is 0.361. The number of rotatable bonds is 9. The summed E-state index contributed by atoms with van der Waals surface area (Å²) in [6.45, 7) is 2.61. The highest BCUT2D eigenvalue weighted by Crippen LogP contribution is 2.17. The second-order valence-corrected chi connectivity index (χ2v) is 5.82. The van der Waals surface area contributed by atoms with E-state index in [1.54, 1.807) is 0 Å². The Labute approximate surface area is 151 Å². The van der Waals surface area contributed by atoms with Crippen LogP contribution in [-0.4, -0.2) is 50.0 Å². The Morgan fingerprint density at radius 3 is 2.81 bits per heavy atom. The molecule has 0 unspecified atom stereocenters. The molecule has 26 heavy (non-hydrogen) atoms. The molecule has 0 fully saturated rings. The summed E-state index contributed by atoms with van der Waals surface area (Å²) >= 11 is 0. The maximum absolute atomic E-state index is 12.0. The van der Waals surface area contributed by atoms with Crippen molar-refractivity contribution in [3.8, 4) is 0 Å². The number of fused-ring (bicyclic) bond motifs is 1. The van der Waals surface area contributed by atoms with Crippen molar-refractivity contribution in [3.05, 3.63) is 36.0 Å². The van der Waals surface area contributed by atoms with Gasteiger partial charge >= 0.3 is 6.18 Å². The zero-order valence-corrected chi connectivity index (χ0v) is 14.8. The van der Waals surface area contributed by atoms with Crippen molar-refractivity contribution < 1.29 is 17.9 Å². The zero-order valence-electron chi connectivity index (χ0n) is 14.8. The first-order valence-electron chi connectivity index (χ1n) is 8.71. The number of para-hydroxylation sites is 1. The number of hydrogen-bond donors (Lipinski definition) is 3. The van der Waals surface area contributed by atoms with Gasteiger partial charge in [-0.3, -0.25) is 4.99 Å². The van der Waals surface area contributed by atoms with E-state index in [0.717, 1.165) is 11.9 Å². The third-order valence-electron chi connectivity index (χ3n) is 3.69. The van der Waals surface area contributed by atoms with E-state index in [0.29, 0.717) is 32.0 Å². The molecule has 0 saturated heterocycles. The van der Waals surface area contributed by atoms with E-state index in [1.165, 1.54) is 10.9 Å². The van der Waals surface area contributed by atoms with Gasteiger partial charge in [-0.25, -0.2) is 0 Å². The molecule has 0 spiro atoms. The number of aromatic amines is 1. The smallest absolute Gasteiger partial charge is 0.372 e. The van der Waals surface area contributed by atoms with Crippen LogP contribution in [0.5, 0.6) is 0 Å². The highest BCUT2D eigenvalue weighted by atomic mass is 19.4. The van der Waals surface area contributed by atoms with Gasteiger partial charge in [0.25, 0.3) is 0 Å². The van der Waals surface area contributed by atoms with Gasteiger partial charge in [0.2, 0.25) is 0 Å². The molecule has 5 nitrogen and oxygen atoms in total. The number of hydrogen-bond acceptors (Lipinski definition) is 2. The van der Waals surface area contributed by atoms with Crippen molar-refractivity contribution in [2.24, 2.45) is 4.99 Å². The fraction of sp³-hybridized carbons (Fsp3) is 0.500. The number of benzene rings is 1. The second kappa shape index (κ2) is 10.1. The van der Waals surface area contributed by atoms with Crippen LogP contribution in [0.2, 0.25) is 0 Å². The Kier molecular flexibility index (Phi) is 7.77. The van der Waals surface area contributed by atoms with Crippen LogP contribution in [-0.2, 0) is 11.2 Å². The molecule has 1 aromatic carbocycles. The maximum Gasteiger partial charge on any atom is 0.411 e. The zero-order chi connectivity index (χ0) is 18.8. The van der Waals surface area contributed by atoms with E-state index in [-0.39, 0.29) is 6.61 Å². The minimum Gasteiger partial charge on any atom is -0.372 e. The molecule has 0 radical (unpaired) electrons. The fourth-order valence-electron chi connectivity index (χ4n) is 2.54. The van der Waals surface area contributed by atoms with Crippen molar-refractivity contribution in [1.82, 2.24) is 15.6 Å². The Balaban J connectivity index is 1.73. The minimum atomic E-state index is -4.28. The monoisotopic (exact) mass is 370 g/mol. The van der Waals surface area contributed by atoms with Crippen LogP contribution >= 0.6 is 0 Å². The number of aliphatic imine (C=N–C) groups is 1. The van der Waals surface area contributed by atoms with Gasteiger partial charge in [0.15, 0.2) is 5.96 Å². The van der Waals surface area contributed by atoms with E-state index in [9.17, 15) is 13.2 Å². The highest BCUT2D eigenvalue weighted by Gasteiger charge is 2.27. The van der Waals surface area contributed by atoms with Gasteiger partial charge in [-0.1, -0.05) is 18.2 Å². The van der Waals surface area contributed by atoms with E-state index in [2.05, 4.69) is 31.4 Å². The lowest BCUT2D eigenvalue weighted by Crippen LogP contribution is -2.38. The summed E-state index contributed by atoms with van der Waals surface area (Å²) in [6.07, 6.45) is -0.991. The molecule has 1 heterocycles. The van der Waals surface area contributed by atoms with Crippen molar-refractivity contribution in [2.75, 3.05) is 32.8 Å². The summed E-state index contributed by atoms with van der Waals surface area (Å²) in [7, 11) is 0. The predicted molar refractivity (Wildman–Crippen MR) is 97.5 cm³/mol. The van der Waals surface area contributed by atoms with E-state index >= 15 is 0 Å². The van der Waals surface area contributed by atoms with Crippen molar-refractivity contribution >= 4 is 16.9 Å². The largest absolute Gasteiger partial charge is 0.411 e. The highest BCUT2D eigenvalue weighted by molar-refractivity contribution is 5.83. The lowest BCUT2D eigenvalue weighted by atomic mass is 10.1. The summed E-state index contributed by atoms with van der Waals surface area (Å²) in [4.78, 5) is 7.60.